The van der Waals surface area contributed by atoms with Crippen LogP contribution in [0.2, 0.25) is 10.0 Å². The van der Waals surface area contributed by atoms with Crippen molar-refractivity contribution in [2.45, 2.75) is 49.9 Å². The maximum Gasteiger partial charge on any atom is 0.301 e. The van der Waals surface area contributed by atoms with Crippen LogP contribution < -0.4 is 19.1 Å². The zero-order valence-electron chi connectivity index (χ0n) is 29.5. The Labute approximate surface area is 326 Å². The number of nitrogens with zero attached hydrogens (tertiary/aromatic N) is 3. The summed E-state index contributed by atoms with van der Waals surface area (Å²) in [6.07, 6.45) is 0.850. The molecule has 1 atom stereocenters. The Morgan fingerprint density at radius 1 is 0.962 bits per heavy atom. The van der Waals surface area contributed by atoms with Crippen molar-refractivity contribution in [3.05, 3.63) is 128 Å². The number of amides is 1. The number of ether oxygens (including phenoxy) is 3. The average molecular weight is 791 g/mol. The van der Waals surface area contributed by atoms with Crippen LogP contribution in [0.25, 0.3) is 5.76 Å². The highest BCUT2D eigenvalue weighted by atomic mass is 35.5. The summed E-state index contributed by atoms with van der Waals surface area (Å²) >= 11 is 15.0. The van der Waals surface area contributed by atoms with Gasteiger partial charge in [-0.05, 0) is 84.5 Å². The van der Waals surface area contributed by atoms with Crippen LogP contribution in [0, 0.1) is 12.8 Å². The van der Waals surface area contributed by atoms with Crippen LogP contribution in [0.5, 0.6) is 17.2 Å². The number of anilines is 1. The summed E-state index contributed by atoms with van der Waals surface area (Å²) in [6.45, 7) is 7.10. The first-order chi connectivity index (χ1) is 25.5. The molecule has 1 aliphatic rings. The number of hydrogen-bond acceptors (Lipinski definition) is 10. The second-order valence-electron chi connectivity index (χ2n) is 12.8. The van der Waals surface area contributed by atoms with Crippen LogP contribution in [0.1, 0.15) is 54.1 Å². The largest absolute Gasteiger partial charge is 0.507 e. The number of methoxy groups -OCH3 is 1. The minimum absolute atomic E-state index is 0.101. The molecule has 1 amide bonds. The van der Waals surface area contributed by atoms with Crippen LogP contribution in [0.3, 0.4) is 0 Å². The Kier molecular flexibility index (Phi) is 12.3. The molecule has 1 fully saturated rings. The fraction of sp³-hybridized carbons (Fsp3) is 0.250. The van der Waals surface area contributed by atoms with E-state index in [9.17, 15) is 14.7 Å². The Balaban J connectivity index is 1.34. The number of benzene rings is 4. The Bertz CT molecular complexity index is 2150. The molecule has 274 valence electrons. The zero-order chi connectivity index (χ0) is 37.6. The third kappa shape index (κ3) is 8.98. The highest BCUT2D eigenvalue weighted by Crippen LogP contribution is 2.46. The summed E-state index contributed by atoms with van der Waals surface area (Å²) in [5.74, 6) is 0.399. The lowest BCUT2D eigenvalue weighted by atomic mass is 9.95. The molecular formula is C40H37Cl2N3O6S2. The van der Waals surface area contributed by atoms with Crippen molar-refractivity contribution in [2.75, 3.05) is 18.6 Å². The number of halogens is 2. The monoisotopic (exact) mass is 789 g/mol. The smallest absolute Gasteiger partial charge is 0.301 e. The fourth-order valence-corrected chi connectivity index (χ4v) is 8.12. The van der Waals surface area contributed by atoms with E-state index in [2.05, 4.69) is 24.0 Å². The van der Waals surface area contributed by atoms with Gasteiger partial charge in [0.2, 0.25) is 5.13 Å². The average Bonchev–Trinajstić information content (AvgIpc) is 3.71. The van der Waals surface area contributed by atoms with E-state index in [-0.39, 0.29) is 16.5 Å². The van der Waals surface area contributed by atoms with Crippen molar-refractivity contribution in [1.29, 1.82) is 0 Å². The lowest BCUT2D eigenvalue weighted by molar-refractivity contribution is -0.132. The van der Waals surface area contributed by atoms with Gasteiger partial charge in [-0.25, -0.2) is 0 Å². The Morgan fingerprint density at radius 2 is 1.75 bits per heavy atom. The lowest BCUT2D eigenvalue weighted by Crippen LogP contribution is -2.29. The molecule has 5 aromatic rings. The minimum Gasteiger partial charge on any atom is -0.507 e. The molecule has 0 aliphatic carbocycles. The number of aromatic nitrogens is 2. The molecule has 1 N–H and O–H groups in total. The van der Waals surface area contributed by atoms with Gasteiger partial charge >= 0.3 is 5.91 Å². The molecule has 13 heteroatoms. The van der Waals surface area contributed by atoms with E-state index in [4.69, 9.17) is 37.4 Å². The second-order valence-corrected chi connectivity index (χ2v) is 15.8. The predicted molar refractivity (Wildman–Crippen MR) is 211 cm³/mol. The molecule has 6 rings (SSSR count). The topological polar surface area (TPSA) is 111 Å². The van der Waals surface area contributed by atoms with Crippen LogP contribution >= 0.6 is 46.3 Å². The van der Waals surface area contributed by atoms with E-state index < -0.39 is 17.7 Å². The maximum atomic E-state index is 13.9. The standard InChI is InChI=1S/C40H37Cl2N3O6S2/c1-23(2)16-17-50-32-15-11-27(19-33(32)49-4)35-34(36(46)26-9-13-30(14-10-26)51-21-25-7-5-6-24(3)18-25)37(47)38(48)45(35)39-43-44-40(53-39)52-22-28-8-12-29(41)20-31(28)42/h5-15,18-20,23,35,46H,16-17,21-22H2,1-4H3. The molecule has 0 radical (unpaired) electrons. The number of carbonyl (C=O) groups excluding carboxylic acids is 2. The van der Waals surface area contributed by atoms with Gasteiger partial charge in [0.1, 0.15) is 18.1 Å². The number of aliphatic hydroxyl groups is 1. The molecular weight excluding hydrogens is 753 g/mol. The van der Waals surface area contributed by atoms with Gasteiger partial charge in [-0.1, -0.05) is 102 Å². The number of Topliss-reactive ketones (excluding diaryl/α,β-unsaturated/α-hetero) is 1. The molecule has 1 unspecified atom stereocenters. The molecule has 0 saturated carbocycles. The summed E-state index contributed by atoms with van der Waals surface area (Å²) in [5, 5.41) is 21.7. The molecule has 1 saturated heterocycles. The first-order valence-corrected chi connectivity index (χ1v) is 19.4. The normalized spacial score (nSPS) is 15.3. The number of hydrogen-bond donors (Lipinski definition) is 1. The molecule has 0 spiro atoms. The van der Waals surface area contributed by atoms with Crippen LogP contribution in [-0.4, -0.2) is 40.7 Å². The van der Waals surface area contributed by atoms with E-state index in [1.807, 2.05) is 37.3 Å². The van der Waals surface area contributed by atoms with E-state index in [1.165, 1.54) is 23.8 Å². The quantitative estimate of drug-likeness (QED) is 0.0386. The van der Waals surface area contributed by atoms with Gasteiger partial charge in [-0.15, -0.1) is 10.2 Å². The third-order valence-corrected chi connectivity index (χ3v) is 11.2. The summed E-state index contributed by atoms with van der Waals surface area (Å²) in [4.78, 5) is 29.0. The molecule has 1 aliphatic heterocycles. The van der Waals surface area contributed by atoms with E-state index in [0.717, 1.165) is 34.4 Å². The predicted octanol–water partition coefficient (Wildman–Crippen LogP) is 10.1. The van der Waals surface area contributed by atoms with Gasteiger partial charge in [0.15, 0.2) is 15.8 Å². The number of carbonyl (C=O) groups is 2. The number of aryl methyl sites for hydroxylation is 1. The SMILES string of the molecule is COc1cc(C2C(=C(O)c3ccc(OCc4cccc(C)c4)cc3)C(=O)C(=O)N2c2nnc(SCc3ccc(Cl)cc3Cl)s2)ccc1OCCC(C)C. The summed E-state index contributed by atoms with van der Waals surface area (Å²) in [7, 11) is 1.52. The molecule has 9 nitrogen and oxygen atoms in total. The highest BCUT2D eigenvalue weighted by molar-refractivity contribution is 8.00. The second kappa shape index (κ2) is 17.1. The number of aliphatic hydroxyl groups excluding tert-OH is 1. The van der Waals surface area contributed by atoms with Crippen molar-refractivity contribution < 1.29 is 28.9 Å². The number of rotatable bonds is 14. The van der Waals surface area contributed by atoms with Crippen LogP contribution in [-0.2, 0) is 21.9 Å². The van der Waals surface area contributed by atoms with E-state index in [0.29, 0.717) is 67.6 Å². The van der Waals surface area contributed by atoms with Crippen molar-refractivity contribution >= 4 is 68.9 Å². The van der Waals surface area contributed by atoms with Crippen molar-refractivity contribution in [2.24, 2.45) is 5.92 Å². The molecule has 53 heavy (non-hydrogen) atoms. The fourth-order valence-electron chi connectivity index (χ4n) is 5.69. The maximum absolute atomic E-state index is 13.9. The molecule has 4 aromatic carbocycles. The Hall–Kier alpha value is -4.55. The minimum atomic E-state index is -1.05. The molecule has 1 aromatic heterocycles. The summed E-state index contributed by atoms with van der Waals surface area (Å²) in [5.41, 5.74) is 3.76. The van der Waals surface area contributed by atoms with Gasteiger partial charge in [-0.2, -0.15) is 0 Å². The number of ketones is 1. The van der Waals surface area contributed by atoms with Crippen molar-refractivity contribution in [3.8, 4) is 17.2 Å². The highest BCUT2D eigenvalue weighted by Gasteiger charge is 2.48. The molecule has 2 heterocycles. The van der Waals surface area contributed by atoms with E-state index in [1.54, 1.807) is 54.6 Å². The molecule has 0 bridgehead atoms. The van der Waals surface area contributed by atoms with Gasteiger partial charge in [0.05, 0.1) is 25.3 Å². The third-order valence-electron chi connectivity index (χ3n) is 8.48. The lowest BCUT2D eigenvalue weighted by Gasteiger charge is -2.23. The van der Waals surface area contributed by atoms with E-state index >= 15 is 0 Å². The first-order valence-electron chi connectivity index (χ1n) is 16.8. The van der Waals surface area contributed by atoms with Crippen molar-refractivity contribution in [3.63, 3.8) is 0 Å². The summed E-state index contributed by atoms with van der Waals surface area (Å²) < 4.78 is 18.2. The van der Waals surface area contributed by atoms with Crippen molar-refractivity contribution in [1.82, 2.24) is 10.2 Å². The van der Waals surface area contributed by atoms with Gasteiger partial charge in [-0.3, -0.25) is 14.5 Å². The Morgan fingerprint density at radius 3 is 2.47 bits per heavy atom. The summed E-state index contributed by atoms with van der Waals surface area (Å²) in [6, 6.07) is 24.2. The first kappa shape index (κ1) is 38.2. The van der Waals surface area contributed by atoms with Crippen LogP contribution in [0.15, 0.2) is 94.8 Å². The van der Waals surface area contributed by atoms with Gasteiger partial charge in [0.25, 0.3) is 5.78 Å². The number of thioether (sulfide) groups is 1. The van der Waals surface area contributed by atoms with Gasteiger partial charge < -0.3 is 19.3 Å². The van der Waals surface area contributed by atoms with Crippen LogP contribution in [0.4, 0.5) is 5.13 Å². The van der Waals surface area contributed by atoms with Gasteiger partial charge in [0, 0.05) is 21.4 Å². The zero-order valence-corrected chi connectivity index (χ0v) is 32.6.